The summed E-state index contributed by atoms with van der Waals surface area (Å²) in [4.78, 5) is 15.5. The Morgan fingerprint density at radius 1 is 1.58 bits per heavy atom. The lowest BCUT2D eigenvalue weighted by Gasteiger charge is -2.20. The molecule has 12 heavy (non-hydrogen) atoms. The number of rotatable bonds is 4. The minimum Gasteiger partial charge on any atom is -0.481 e. The minimum absolute atomic E-state index is 0.280. The van der Waals surface area contributed by atoms with Crippen molar-refractivity contribution in [3.05, 3.63) is 0 Å². The summed E-state index contributed by atoms with van der Waals surface area (Å²) in [6.07, 6.45) is 0. The maximum atomic E-state index is 10.4. The predicted octanol–water partition coefficient (Wildman–Crippen LogP) is 1.03. The second-order valence-electron chi connectivity index (χ2n) is 3.80. The van der Waals surface area contributed by atoms with Crippen LogP contribution in [-0.2, 0) is 9.63 Å². The lowest BCUT2D eigenvalue weighted by molar-refractivity contribution is -0.143. The van der Waals surface area contributed by atoms with E-state index in [4.69, 9.17) is 9.94 Å². The van der Waals surface area contributed by atoms with Gasteiger partial charge in [-0.25, -0.2) is 5.48 Å². The lowest BCUT2D eigenvalue weighted by Crippen LogP contribution is -2.33. The molecule has 0 heterocycles. The van der Waals surface area contributed by atoms with Crippen molar-refractivity contribution in [3.8, 4) is 0 Å². The zero-order valence-electron chi connectivity index (χ0n) is 8.05. The van der Waals surface area contributed by atoms with Gasteiger partial charge in [-0.15, -0.1) is 0 Å². The molecule has 0 saturated carbocycles. The molecule has 0 fully saturated rings. The highest BCUT2D eigenvalue weighted by molar-refractivity contribution is 5.69. The summed E-state index contributed by atoms with van der Waals surface area (Å²) >= 11 is 0. The fourth-order valence-corrected chi connectivity index (χ4v) is 0.470. The van der Waals surface area contributed by atoms with Gasteiger partial charge in [-0.1, -0.05) is 6.92 Å². The first kappa shape index (κ1) is 11.4. The molecule has 0 aromatic rings. The van der Waals surface area contributed by atoms with Crippen molar-refractivity contribution in [2.24, 2.45) is 5.92 Å². The van der Waals surface area contributed by atoms with Crippen molar-refractivity contribution >= 4 is 5.97 Å². The molecule has 0 aliphatic heterocycles. The Kier molecular flexibility index (Phi) is 4.20. The van der Waals surface area contributed by atoms with Gasteiger partial charge in [0.25, 0.3) is 0 Å². The van der Waals surface area contributed by atoms with Gasteiger partial charge in [0.1, 0.15) is 0 Å². The van der Waals surface area contributed by atoms with Gasteiger partial charge in [-0.05, 0) is 20.8 Å². The van der Waals surface area contributed by atoms with Gasteiger partial charge in [0.15, 0.2) is 0 Å². The Morgan fingerprint density at radius 2 is 2.08 bits per heavy atom. The number of hydroxylamine groups is 1. The van der Waals surface area contributed by atoms with Crippen molar-refractivity contribution in [2.75, 3.05) is 6.54 Å². The van der Waals surface area contributed by atoms with Crippen LogP contribution in [0.5, 0.6) is 0 Å². The summed E-state index contributed by atoms with van der Waals surface area (Å²) in [6, 6.07) is 0. The number of hydrogen-bond acceptors (Lipinski definition) is 3. The van der Waals surface area contributed by atoms with Gasteiger partial charge in [-0.3, -0.25) is 9.63 Å². The van der Waals surface area contributed by atoms with E-state index in [1.807, 2.05) is 20.8 Å². The number of carboxylic acid groups (broad SMARTS) is 1. The standard InChI is InChI=1S/C8H17NO3/c1-6(7(10)11)5-9-12-8(2,3)4/h6,9H,5H2,1-4H3,(H,10,11). The molecule has 0 spiro atoms. The van der Waals surface area contributed by atoms with Crippen molar-refractivity contribution in [1.82, 2.24) is 5.48 Å². The van der Waals surface area contributed by atoms with E-state index < -0.39 is 11.9 Å². The summed E-state index contributed by atoms with van der Waals surface area (Å²) in [6.45, 7) is 7.64. The first-order chi connectivity index (χ1) is 5.33. The van der Waals surface area contributed by atoms with Crippen LogP contribution in [0.3, 0.4) is 0 Å². The van der Waals surface area contributed by atoms with Gasteiger partial charge in [0, 0.05) is 6.54 Å². The summed E-state index contributed by atoms with van der Waals surface area (Å²) in [5.74, 6) is -1.24. The Hall–Kier alpha value is -0.610. The van der Waals surface area contributed by atoms with Crippen LogP contribution in [0.2, 0.25) is 0 Å². The number of nitrogens with one attached hydrogen (secondary N) is 1. The molecule has 1 atom stereocenters. The Bertz CT molecular complexity index is 151. The number of carboxylic acids is 1. The quantitative estimate of drug-likeness (QED) is 0.626. The van der Waals surface area contributed by atoms with E-state index in [-0.39, 0.29) is 5.60 Å². The third kappa shape index (κ3) is 6.12. The van der Waals surface area contributed by atoms with E-state index in [0.717, 1.165) is 0 Å². The molecule has 0 amide bonds. The topological polar surface area (TPSA) is 58.6 Å². The largest absolute Gasteiger partial charge is 0.481 e. The zero-order chi connectivity index (χ0) is 9.78. The van der Waals surface area contributed by atoms with Crippen molar-refractivity contribution < 1.29 is 14.7 Å². The molecule has 0 bridgehead atoms. The molecule has 72 valence electrons. The number of hydrogen-bond donors (Lipinski definition) is 2. The van der Waals surface area contributed by atoms with Crippen LogP contribution in [0.15, 0.2) is 0 Å². The van der Waals surface area contributed by atoms with E-state index in [1.54, 1.807) is 6.92 Å². The Labute approximate surface area is 72.9 Å². The second kappa shape index (κ2) is 4.42. The fraction of sp³-hybridized carbons (Fsp3) is 0.875. The van der Waals surface area contributed by atoms with Gasteiger partial charge in [0.2, 0.25) is 0 Å². The molecule has 0 aromatic carbocycles. The number of carbonyl (C=O) groups is 1. The van der Waals surface area contributed by atoms with Crippen LogP contribution in [0.25, 0.3) is 0 Å². The van der Waals surface area contributed by atoms with Crippen molar-refractivity contribution in [1.29, 1.82) is 0 Å². The molecule has 0 saturated heterocycles. The molecule has 0 aliphatic rings. The summed E-state index contributed by atoms with van der Waals surface area (Å²) in [5, 5.41) is 8.52. The van der Waals surface area contributed by atoms with E-state index in [1.165, 1.54) is 0 Å². The molecule has 0 rings (SSSR count). The van der Waals surface area contributed by atoms with Crippen LogP contribution in [0.4, 0.5) is 0 Å². The predicted molar refractivity (Wildman–Crippen MR) is 45.6 cm³/mol. The Morgan fingerprint density at radius 3 is 2.42 bits per heavy atom. The third-order valence-electron chi connectivity index (χ3n) is 1.19. The molecule has 2 N–H and O–H groups in total. The molecule has 0 aliphatic carbocycles. The molecular formula is C8H17NO3. The average molecular weight is 175 g/mol. The zero-order valence-corrected chi connectivity index (χ0v) is 8.05. The van der Waals surface area contributed by atoms with E-state index >= 15 is 0 Å². The molecule has 0 radical (unpaired) electrons. The second-order valence-corrected chi connectivity index (χ2v) is 3.80. The monoisotopic (exact) mass is 175 g/mol. The Balaban J connectivity index is 3.51. The van der Waals surface area contributed by atoms with Crippen LogP contribution in [-0.4, -0.2) is 23.2 Å². The maximum absolute atomic E-state index is 10.4. The van der Waals surface area contributed by atoms with E-state index in [2.05, 4.69) is 5.48 Å². The minimum atomic E-state index is -0.819. The highest BCUT2D eigenvalue weighted by atomic mass is 16.7. The summed E-state index contributed by atoms with van der Waals surface area (Å²) in [5.41, 5.74) is 2.35. The molecule has 1 unspecified atom stereocenters. The first-order valence-corrected chi connectivity index (χ1v) is 3.96. The number of aliphatic carboxylic acids is 1. The van der Waals surface area contributed by atoms with Crippen LogP contribution in [0.1, 0.15) is 27.7 Å². The van der Waals surface area contributed by atoms with Crippen LogP contribution >= 0.6 is 0 Å². The van der Waals surface area contributed by atoms with Crippen LogP contribution in [0, 0.1) is 5.92 Å². The molecule has 0 aromatic heterocycles. The van der Waals surface area contributed by atoms with Crippen LogP contribution < -0.4 is 5.48 Å². The third-order valence-corrected chi connectivity index (χ3v) is 1.19. The van der Waals surface area contributed by atoms with Gasteiger partial charge >= 0.3 is 5.97 Å². The van der Waals surface area contributed by atoms with Gasteiger partial charge in [-0.2, -0.15) is 0 Å². The van der Waals surface area contributed by atoms with E-state index in [9.17, 15) is 4.79 Å². The maximum Gasteiger partial charge on any atom is 0.307 e. The van der Waals surface area contributed by atoms with Gasteiger partial charge in [0.05, 0.1) is 11.5 Å². The summed E-state index contributed by atoms with van der Waals surface area (Å²) in [7, 11) is 0. The summed E-state index contributed by atoms with van der Waals surface area (Å²) < 4.78 is 0. The smallest absolute Gasteiger partial charge is 0.307 e. The van der Waals surface area contributed by atoms with E-state index in [0.29, 0.717) is 6.54 Å². The highest BCUT2D eigenvalue weighted by Gasteiger charge is 2.13. The van der Waals surface area contributed by atoms with Gasteiger partial charge < -0.3 is 5.11 Å². The first-order valence-electron chi connectivity index (χ1n) is 3.96. The fourth-order valence-electron chi connectivity index (χ4n) is 0.470. The van der Waals surface area contributed by atoms with Crippen molar-refractivity contribution in [2.45, 2.75) is 33.3 Å². The molecule has 4 heteroatoms. The average Bonchev–Trinajstić information content (AvgIpc) is 1.84. The molecule has 4 nitrogen and oxygen atoms in total. The van der Waals surface area contributed by atoms with Crippen molar-refractivity contribution in [3.63, 3.8) is 0 Å². The normalized spacial score (nSPS) is 14.3. The molecular weight excluding hydrogens is 158 g/mol. The SMILES string of the molecule is CC(CNOC(C)(C)C)C(=O)O. The highest BCUT2D eigenvalue weighted by Crippen LogP contribution is 2.04. The lowest BCUT2D eigenvalue weighted by atomic mass is 10.2.